The van der Waals surface area contributed by atoms with Gasteiger partial charge >= 0.3 is 0 Å². The third-order valence-electron chi connectivity index (χ3n) is 4.88. The fraction of sp³-hybridized carbons (Fsp3) is 0.208. The van der Waals surface area contributed by atoms with Crippen molar-refractivity contribution in [2.45, 2.75) is 19.4 Å². The van der Waals surface area contributed by atoms with E-state index >= 15 is 0 Å². The second kappa shape index (κ2) is 9.01. The minimum atomic E-state index is 0.616. The summed E-state index contributed by atoms with van der Waals surface area (Å²) in [5.41, 5.74) is 3.22. The van der Waals surface area contributed by atoms with Gasteiger partial charge in [-0.05, 0) is 42.3 Å². The predicted octanol–water partition coefficient (Wildman–Crippen LogP) is 5.76. The zero-order valence-electron chi connectivity index (χ0n) is 16.3. The van der Waals surface area contributed by atoms with Gasteiger partial charge in [0.15, 0.2) is 0 Å². The van der Waals surface area contributed by atoms with Gasteiger partial charge in [-0.15, -0.1) is 0 Å². The Morgan fingerprint density at radius 3 is 2.59 bits per heavy atom. The summed E-state index contributed by atoms with van der Waals surface area (Å²) in [4.78, 5) is 4.86. The average molecular weight is 407 g/mol. The highest BCUT2D eigenvalue weighted by molar-refractivity contribution is 6.31. The highest BCUT2D eigenvalue weighted by atomic mass is 35.5. The van der Waals surface area contributed by atoms with Gasteiger partial charge < -0.3 is 14.0 Å². The smallest absolute Gasteiger partial charge is 0.122 e. The van der Waals surface area contributed by atoms with Crippen molar-refractivity contribution in [2.75, 3.05) is 13.7 Å². The number of halogens is 1. The Morgan fingerprint density at radius 1 is 0.931 bits per heavy atom. The first kappa shape index (κ1) is 19.3. The van der Waals surface area contributed by atoms with E-state index in [1.807, 2.05) is 54.6 Å². The van der Waals surface area contributed by atoms with E-state index in [2.05, 4.69) is 22.8 Å². The fourth-order valence-corrected chi connectivity index (χ4v) is 3.63. The number of methoxy groups -OCH3 is 1. The molecule has 0 radical (unpaired) electrons. The lowest BCUT2D eigenvalue weighted by Gasteiger charge is -2.11. The molecule has 0 atom stereocenters. The summed E-state index contributed by atoms with van der Waals surface area (Å²) < 4.78 is 13.4. The molecule has 0 saturated heterocycles. The number of aromatic nitrogens is 2. The van der Waals surface area contributed by atoms with Crippen LogP contribution in [-0.2, 0) is 13.0 Å². The van der Waals surface area contributed by atoms with Crippen LogP contribution in [0.1, 0.15) is 17.8 Å². The van der Waals surface area contributed by atoms with Crippen LogP contribution in [0.4, 0.5) is 0 Å². The molecule has 148 valence electrons. The first-order valence-corrected chi connectivity index (χ1v) is 10.1. The van der Waals surface area contributed by atoms with Crippen LogP contribution in [0.3, 0.4) is 0 Å². The van der Waals surface area contributed by atoms with E-state index < -0.39 is 0 Å². The van der Waals surface area contributed by atoms with Gasteiger partial charge in [0, 0.05) is 24.1 Å². The molecule has 3 aromatic carbocycles. The second-order valence-electron chi connectivity index (χ2n) is 6.82. The largest absolute Gasteiger partial charge is 0.497 e. The molecule has 29 heavy (non-hydrogen) atoms. The summed E-state index contributed by atoms with van der Waals surface area (Å²) in [6.45, 7) is 1.44. The Morgan fingerprint density at radius 2 is 1.72 bits per heavy atom. The molecule has 1 aromatic heterocycles. The molecule has 0 amide bonds. The third-order valence-corrected chi connectivity index (χ3v) is 5.24. The average Bonchev–Trinajstić information content (AvgIpc) is 3.10. The zero-order chi connectivity index (χ0) is 20.1. The molecule has 0 spiro atoms. The number of fused-ring (bicyclic) bond motifs is 1. The Balaban J connectivity index is 1.49. The maximum atomic E-state index is 6.38. The van der Waals surface area contributed by atoms with Gasteiger partial charge in [-0.2, -0.15) is 0 Å². The Bertz CT molecular complexity index is 1110. The van der Waals surface area contributed by atoms with Gasteiger partial charge in [-0.3, -0.25) is 0 Å². The first-order valence-electron chi connectivity index (χ1n) is 9.69. The molecule has 4 aromatic rings. The van der Waals surface area contributed by atoms with Gasteiger partial charge in [0.25, 0.3) is 0 Å². The second-order valence-corrected chi connectivity index (χ2v) is 7.22. The number of benzene rings is 3. The molecule has 0 N–H and O–H groups in total. The molecule has 0 bridgehead atoms. The molecular formula is C24H23ClN2O2. The minimum Gasteiger partial charge on any atom is -0.497 e. The van der Waals surface area contributed by atoms with Crippen molar-refractivity contribution in [1.29, 1.82) is 0 Å². The normalized spacial score (nSPS) is 11.0. The number of rotatable bonds is 8. The summed E-state index contributed by atoms with van der Waals surface area (Å²) >= 11 is 6.38. The standard InChI is InChI=1S/C24H23ClN2O2/c1-28-19-9-6-10-20(17-19)29-15-7-14-27-23-13-5-4-12-22(23)26-24(27)16-18-8-2-3-11-21(18)25/h2-6,8-13,17H,7,14-16H2,1H3. The minimum absolute atomic E-state index is 0.616. The fourth-order valence-electron chi connectivity index (χ4n) is 3.43. The Kier molecular flexibility index (Phi) is 6.01. The van der Waals surface area contributed by atoms with E-state index in [1.54, 1.807) is 7.11 Å². The highest BCUT2D eigenvalue weighted by Crippen LogP contribution is 2.23. The number of para-hydroxylation sites is 2. The van der Waals surface area contributed by atoms with Crippen LogP contribution in [-0.4, -0.2) is 23.3 Å². The maximum absolute atomic E-state index is 6.38. The van der Waals surface area contributed by atoms with E-state index in [-0.39, 0.29) is 0 Å². The number of ether oxygens (including phenoxy) is 2. The van der Waals surface area contributed by atoms with Crippen molar-refractivity contribution >= 4 is 22.6 Å². The first-order chi connectivity index (χ1) is 14.2. The quantitative estimate of drug-likeness (QED) is 0.349. The molecule has 0 aliphatic rings. The number of nitrogens with zero attached hydrogens (tertiary/aromatic N) is 2. The summed E-state index contributed by atoms with van der Waals surface area (Å²) in [5.74, 6) is 2.63. The number of hydrogen-bond acceptors (Lipinski definition) is 3. The number of imidazole rings is 1. The van der Waals surface area contributed by atoms with Gasteiger partial charge in [0.1, 0.15) is 17.3 Å². The Labute approximate surface area is 175 Å². The van der Waals surface area contributed by atoms with Crippen molar-refractivity contribution in [3.63, 3.8) is 0 Å². The van der Waals surface area contributed by atoms with Crippen molar-refractivity contribution in [1.82, 2.24) is 9.55 Å². The van der Waals surface area contributed by atoms with E-state index in [0.717, 1.165) is 51.9 Å². The van der Waals surface area contributed by atoms with E-state index in [0.29, 0.717) is 13.0 Å². The molecule has 0 fully saturated rings. The van der Waals surface area contributed by atoms with Crippen LogP contribution in [0.25, 0.3) is 11.0 Å². The van der Waals surface area contributed by atoms with Crippen molar-refractivity contribution < 1.29 is 9.47 Å². The molecule has 0 aliphatic carbocycles. The molecule has 4 nitrogen and oxygen atoms in total. The van der Waals surface area contributed by atoms with Gasteiger partial charge in [0.2, 0.25) is 0 Å². The highest BCUT2D eigenvalue weighted by Gasteiger charge is 2.12. The Hall–Kier alpha value is -2.98. The molecule has 5 heteroatoms. The van der Waals surface area contributed by atoms with Gasteiger partial charge in [-0.1, -0.05) is 48.0 Å². The lowest BCUT2D eigenvalue weighted by Crippen LogP contribution is -2.08. The van der Waals surface area contributed by atoms with E-state index in [9.17, 15) is 0 Å². The maximum Gasteiger partial charge on any atom is 0.122 e. The molecular weight excluding hydrogens is 384 g/mol. The molecule has 0 aliphatic heterocycles. The number of aryl methyl sites for hydroxylation is 1. The summed E-state index contributed by atoms with van der Waals surface area (Å²) in [5, 5.41) is 0.771. The van der Waals surface area contributed by atoms with E-state index in [4.69, 9.17) is 26.1 Å². The topological polar surface area (TPSA) is 36.3 Å². The van der Waals surface area contributed by atoms with Crippen LogP contribution in [0.15, 0.2) is 72.8 Å². The molecule has 4 rings (SSSR count). The SMILES string of the molecule is COc1cccc(OCCCn2c(Cc3ccccc3Cl)nc3ccccc32)c1. The molecule has 1 heterocycles. The lowest BCUT2D eigenvalue weighted by molar-refractivity contribution is 0.299. The summed E-state index contributed by atoms with van der Waals surface area (Å²) in [6, 6.07) is 23.8. The van der Waals surface area contributed by atoms with E-state index in [1.165, 1.54) is 0 Å². The lowest BCUT2D eigenvalue weighted by atomic mass is 10.1. The summed E-state index contributed by atoms with van der Waals surface area (Å²) in [6.07, 6.45) is 1.57. The monoisotopic (exact) mass is 406 g/mol. The van der Waals surface area contributed by atoms with Gasteiger partial charge in [0.05, 0.1) is 24.8 Å². The van der Waals surface area contributed by atoms with Crippen LogP contribution in [0, 0.1) is 0 Å². The van der Waals surface area contributed by atoms with Crippen LogP contribution in [0.5, 0.6) is 11.5 Å². The molecule has 0 saturated carbocycles. The summed E-state index contributed by atoms with van der Waals surface area (Å²) in [7, 11) is 1.66. The molecule has 0 unspecified atom stereocenters. The zero-order valence-corrected chi connectivity index (χ0v) is 17.1. The number of hydrogen-bond donors (Lipinski definition) is 0. The van der Waals surface area contributed by atoms with Crippen molar-refractivity contribution in [2.24, 2.45) is 0 Å². The van der Waals surface area contributed by atoms with Crippen molar-refractivity contribution in [3.8, 4) is 11.5 Å². The van der Waals surface area contributed by atoms with Gasteiger partial charge in [-0.25, -0.2) is 4.98 Å². The predicted molar refractivity (Wildman–Crippen MR) is 117 cm³/mol. The van der Waals surface area contributed by atoms with Crippen LogP contribution in [0.2, 0.25) is 5.02 Å². The van der Waals surface area contributed by atoms with Crippen LogP contribution >= 0.6 is 11.6 Å². The third kappa shape index (κ3) is 4.54. The van der Waals surface area contributed by atoms with Crippen molar-refractivity contribution in [3.05, 3.63) is 89.2 Å². The van der Waals surface area contributed by atoms with Crippen LogP contribution < -0.4 is 9.47 Å².